The number of piperazine rings is 1. The highest BCUT2D eigenvalue weighted by molar-refractivity contribution is 5.85. The van der Waals surface area contributed by atoms with Gasteiger partial charge in [-0.15, -0.1) is 24.8 Å². The quantitative estimate of drug-likeness (QED) is 0.656. The third kappa shape index (κ3) is 4.56. The molecule has 1 aromatic carbocycles. The fourth-order valence-electron chi connectivity index (χ4n) is 3.07. The fourth-order valence-corrected chi connectivity index (χ4v) is 3.07. The van der Waals surface area contributed by atoms with E-state index in [9.17, 15) is 10.1 Å². The van der Waals surface area contributed by atoms with Gasteiger partial charge < -0.3 is 5.32 Å². The van der Waals surface area contributed by atoms with E-state index in [2.05, 4.69) is 10.2 Å². The smallest absolute Gasteiger partial charge is 0.274 e. The number of hydrogen-bond donors (Lipinski definition) is 1. The maximum Gasteiger partial charge on any atom is 0.274 e. The summed E-state index contributed by atoms with van der Waals surface area (Å²) in [5.41, 5.74) is 1.17. The molecule has 0 radical (unpaired) electrons. The van der Waals surface area contributed by atoms with Gasteiger partial charge in [-0.05, 0) is 12.3 Å². The molecular formula is C15H23Cl2N3O2. The Labute approximate surface area is 143 Å². The van der Waals surface area contributed by atoms with Crippen molar-refractivity contribution in [2.24, 2.45) is 5.92 Å². The Morgan fingerprint density at radius 1 is 1.23 bits per heavy atom. The summed E-state index contributed by atoms with van der Waals surface area (Å²) in [6.07, 6.45) is 3.62. The molecule has 5 nitrogen and oxygen atoms in total. The number of nitro benzene ring substituents is 1. The van der Waals surface area contributed by atoms with Crippen LogP contribution in [-0.2, 0) is 0 Å². The molecule has 1 N–H and O–H groups in total. The van der Waals surface area contributed by atoms with Crippen LogP contribution in [0.4, 0.5) is 5.69 Å². The Morgan fingerprint density at radius 3 is 2.45 bits per heavy atom. The lowest BCUT2D eigenvalue weighted by atomic mass is 9.97. The lowest BCUT2D eigenvalue weighted by Gasteiger charge is -2.35. The number of nitrogens with zero attached hydrogens (tertiary/aromatic N) is 2. The van der Waals surface area contributed by atoms with Gasteiger partial charge in [0.15, 0.2) is 0 Å². The number of nitro groups is 1. The molecule has 7 heteroatoms. The van der Waals surface area contributed by atoms with Crippen molar-refractivity contribution in [1.82, 2.24) is 10.2 Å². The first kappa shape index (κ1) is 19.2. The van der Waals surface area contributed by atoms with E-state index in [0.717, 1.165) is 44.1 Å². The van der Waals surface area contributed by atoms with E-state index >= 15 is 0 Å². The van der Waals surface area contributed by atoms with Gasteiger partial charge in [-0.2, -0.15) is 0 Å². The second kappa shape index (κ2) is 8.67. The molecule has 0 bridgehead atoms. The third-order valence-corrected chi connectivity index (χ3v) is 4.34. The van der Waals surface area contributed by atoms with E-state index in [1.54, 1.807) is 12.1 Å². The first-order valence-electron chi connectivity index (χ1n) is 7.44. The Kier molecular flexibility index (Phi) is 7.56. The van der Waals surface area contributed by atoms with Crippen LogP contribution in [0.1, 0.15) is 30.9 Å². The molecule has 0 amide bonds. The highest BCUT2D eigenvalue weighted by atomic mass is 35.5. The monoisotopic (exact) mass is 347 g/mol. The molecule has 0 aromatic heterocycles. The molecule has 1 saturated heterocycles. The lowest BCUT2D eigenvalue weighted by molar-refractivity contribution is -0.386. The van der Waals surface area contributed by atoms with Gasteiger partial charge >= 0.3 is 0 Å². The molecule has 0 spiro atoms. The summed E-state index contributed by atoms with van der Waals surface area (Å²) in [5.74, 6) is 0.759. The van der Waals surface area contributed by atoms with Gasteiger partial charge in [-0.25, -0.2) is 0 Å². The molecule has 1 heterocycles. The van der Waals surface area contributed by atoms with E-state index in [1.807, 2.05) is 12.1 Å². The number of para-hydroxylation sites is 1. The van der Waals surface area contributed by atoms with Crippen molar-refractivity contribution in [3.8, 4) is 0 Å². The normalized spacial score (nSPS) is 19.6. The van der Waals surface area contributed by atoms with Crippen molar-refractivity contribution >= 4 is 30.5 Å². The van der Waals surface area contributed by atoms with Crippen LogP contribution in [0.3, 0.4) is 0 Å². The zero-order chi connectivity index (χ0) is 13.9. The van der Waals surface area contributed by atoms with Gasteiger partial charge in [-0.1, -0.05) is 31.0 Å². The van der Waals surface area contributed by atoms with E-state index in [1.165, 1.54) is 12.8 Å². The average Bonchev–Trinajstić information content (AvgIpc) is 3.30. The molecule has 0 unspecified atom stereocenters. The predicted octanol–water partition coefficient (Wildman–Crippen LogP) is 3.18. The van der Waals surface area contributed by atoms with E-state index < -0.39 is 0 Å². The van der Waals surface area contributed by atoms with Crippen LogP contribution >= 0.6 is 24.8 Å². The molecule has 22 heavy (non-hydrogen) atoms. The molecule has 124 valence electrons. The van der Waals surface area contributed by atoms with Crippen LogP contribution in [0, 0.1) is 16.0 Å². The van der Waals surface area contributed by atoms with Crippen molar-refractivity contribution in [3.63, 3.8) is 0 Å². The Morgan fingerprint density at radius 2 is 1.86 bits per heavy atom. The van der Waals surface area contributed by atoms with Gasteiger partial charge in [0.1, 0.15) is 0 Å². The molecule has 1 aliphatic carbocycles. The second-order valence-corrected chi connectivity index (χ2v) is 5.80. The van der Waals surface area contributed by atoms with Crippen LogP contribution in [-0.4, -0.2) is 36.0 Å². The van der Waals surface area contributed by atoms with Gasteiger partial charge in [0.25, 0.3) is 5.69 Å². The summed E-state index contributed by atoms with van der Waals surface area (Å²) < 4.78 is 0. The predicted molar refractivity (Wildman–Crippen MR) is 92.1 cm³/mol. The number of nitrogens with one attached hydrogen (secondary N) is 1. The fraction of sp³-hybridized carbons (Fsp3) is 0.600. The van der Waals surface area contributed by atoms with E-state index in [0.29, 0.717) is 0 Å². The van der Waals surface area contributed by atoms with Crippen LogP contribution < -0.4 is 5.32 Å². The van der Waals surface area contributed by atoms with Gasteiger partial charge in [0, 0.05) is 43.9 Å². The molecular weight excluding hydrogens is 325 g/mol. The summed E-state index contributed by atoms with van der Waals surface area (Å²) in [7, 11) is 0. The minimum absolute atomic E-state index is 0. The van der Waals surface area contributed by atoms with Crippen molar-refractivity contribution < 1.29 is 4.92 Å². The number of hydrogen-bond acceptors (Lipinski definition) is 4. The zero-order valence-corrected chi connectivity index (χ0v) is 14.1. The van der Waals surface area contributed by atoms with Crippen LogP contribution in [0.5, 0.6) is 0 Å². The van der Waals surface area contributed by atoms with Gasteiger partial charge in [0.2, 0.25) is 0 Å². The molecule has 1 atom stereocenters. The number of benzene rings is 1. The number of rotatable bonds is 5. The zero-order valence-electron chi connectivity index (χ0n) is 12.4. The summed E-state index contributed by atoms with van der Waals surface area (Å²) in [4.78, 5) is 13.5. The van der Waals surface area contributed by atoms with Gasteiger partial charge in [0.05, 0.1) is 4.92 Å². The van der Waals surface area contributed by atoms with Crippen molar-refractivity contribution in [3.05, 3.63) is 39.9 Å². The molecule has 1 saturated carbocycles. The second-order valence-electron chi connectivity index (χ2n) is 5.80. The Balaban J connectivity index is 0.00000121. The molecule has 3 rings (SSSR count). The molecule has 2 fully saturated rings. The standard InChI is InChI=1S/C15H21N3O2.2ClH/c19-18(20)14-4-2-1-3-13(14)15(11-12-5-6-12)17-9-7-16-8-10-17;;/h1-4,12,15-16H,5-11H2;2*1H/t15-;;/m1../s1. The third-order valence-electron chi connectivity index (χ3n) is 4.34. The van der Waals surface area contributed by atoms with E-state index in [-0.39, 0.29) is 41.5 Å². The average molecular weight is 348 g/mol. The topological polar surface area (TPSA) is 58.4 Å². The minimum Gasteiger partial charge on any atom is -0.314 e. The maximum atomic E-state index is 11.3. The highest BCUT2D eigenvalue weighted by Crippen LogP contribution is 2.42. The molecule has 1 aliphatic heterocycles. The summed E-state index contributed by atoms with van der Waals surface area (Å²) in [5, 5.41) is 14.6. The van der Waals surface area contributed by atoms with Crippen molar-refractivity contribution in [1.29, 1.82) is 0 Å². The minimum atomic E-state index is -0.239. The summed E-state index contributed by atoms with van der Waals surface area (Å²) in [6, 6.07) is 7.45. The van der Waals surface area contributed by atoms with Crippen LogP contribution in [0.25, 0.3) is 0 Å². The lowest BCUT2D eigenvalue weighted by Crippen LogP contribution is -2.45. The first-order valence-corrected chi connectivity index (χ1v) is 7.44. The first-order chi connectivity index (χ1) is 9.75. The van der Waals surface area contributed by atoms with Crippen molar-refractivity contribution in [2.75, 3.05) is 26.2 Å². The maximum absolute atomic E-state index is 11.3. The SMILES string of the molecule is Cl.Cl.O=[N+]([O-])c1ccccc1[C@@H](CC1CC1)N1CCNCC1. The van der Waals surface area contributed by atoms with Crippen molar-refractivity contribution in [2.45, 2.75) is 25.3 Å². The van der Waals surface area contributed by atoms with Crippen LogP contribution in [0.15, 0.2) is 24.3 Å². The Hall–Kier alpha value is -0.880. The number of halogens is 2. The molecule has 2 aliphatic rings. The highest BCUT2D eigenvalue weighted by Gasteiger charge is 2.33. The van der Waals surface area contributed by atoms with Crippen LogP contribution in [0.2, 0.25) is 0 Å². The summed E-state index contributed by atoms with van der Waals surface area (Å²) in [6.45, 7) is 3.90. The largest absolute Gasteiger partial charge is 0.314 e. The molecule has 1 aromatic rings. The summed E-state index contributed by atoms with van der Waals surface area (Å²) >= 11 is 0. The van der Waals surface area contributed by atoms with Gasteiger partial charge in [-0.3, -0.25) is 15.0 Å². The van der Waals surface area contributed by atoms with E-state index in [4.69, 9.17) is 0 Å². The Bertz CT molecular complexity index is 491.